The summed E-state index contributed by atoms with van der Waals surface area (Å²) >= 11 is 3.92. The van der Waals surface area contributed by atoms with Gasteiger partial charge in [0, 0.05) is 16.3 Å². The molecule has 0 aliphatic heterocycles. The van der Waals surface area contributed by atoms with Crippen LogP contribution < -0.4 is 16.4 Å². The minimum absolute atomic E-state index is 0.0623. The van der Waals surface area contributed by atoms with Crippen LogP contribution in [0.2, 0.25) is 0 Å². The zero-order valence-corrected chi connectivity index (χ0v) is 18.5. The number of carbonyl (C=O) groups excluding carboxylic acids is 2. The molecule has 4 fully saturated rings. The van der Waals surface area contributed by atoms with E-state index in [-0.39, 0.29) is 21.5 Å². The largest absolute Gasteiger partial charge is 0.290 e. The van der Waals surface area contributed by atoms with Crippen LogP contribution in [0.1, 0.15) is 55.9 Å². The van der Waals surface area contributed by atoms with E-state index < -0.39 is 11.3 Å². The van der Waals surface area contributed by atoms with Gasteiger partial charge in [-0.25, -0.2) is 4.68 Å². The quantitative estimate of drug-likeness (QED) is 0.530. The predicted octanol–water partition coefficient (Wildman–Crippen LogP) is 2.91. The zero-order chi connectivity index (χ0) is 21.1. The van der Waals surface area contributed by atoms with Crippen molar-refractivity contribution >= 4 is 38.5 Å². The molecule has 4 saturated carbocycles. The molecule has 4 aliphatic rings. The zero-order valence-electron chi connectivity index (χ0n) is 16.9. The number of halogens is 1. The van der Waals surface area contributed by atoms with Gasteiger partial charge in [-0.05, 0) is 63.4 Å². The third kappa shape index (κ3) is 3.07. The number of alkyl halides is 1. The van der Waals surface area contributed by atoms with Gasteiger partial charge in [-0.3, -0.25) is 25.2 Å². The minimum atomic E-state index is -0.514. The second kappa shape index (κ2) is 6.90. The molecule has 6 rings (SSSR count). The highest BCUT2D eigenvalue weighted by atomic mass is 79.9. The first kappa shape index (κ1) is 19.7. The fraction of sp³-hybridized carbons (Fsp3) is 0.545. The predicted molar refractivity (Wildman–Crippen MR) is 116 cm³/mol. The molecule has 0 spiro atoms. The lowest BCUT2D eigenvalue weighted by Gasteiger charge is -2.59. The van der Waals surface area contributed by atoms with Crippen LogP contribution in [0.4, 0.5) is 0 Å². The molecule has 1 aromatic heterocycles. The molecule has 1 aromatic carbocycles. The van der Waals surface area contributed by atoms with Crippen LogP contribution in [-0.4, -0.2) is 25.9 Å². The van der Waals surface area contributed by atoms with E-state index in [1.165, 1.54) is 11.1 Å². The number of fused-ring (bicyclic) bond motifs is 1. The standard InChI is InChI=1S/C22H25BrN4O3/c1-2-27-19(29)16-6-4-3-5-15(16)17(26-27)18(28)24-25-20(30)21-8-13-7-14(9-21)11-22(23,10-13)12-21/h3-6,13-14H,2,7-12H2,1H3,(H,24,28)(H,25,30). The van der Waals surface area contributed by atoms with Gasteiger partial charge in [-0.2, -0.15) is 5.10 Å². The number of rotatable bonds is 3. The topological polar surface area (TPSA) is 93.1 Å². The van der Waals surface area contributed by atoms with E-state index in [9.17, 15) is 14.4 Å². The molecular formula is C22H25BrN4O3. The Morgan fingerprint density at radius 2 is 1.80 bits per heavy atom. The number of aryl methyl sites for hydroxylation is 1. The molecule has 8 heteroatoms. The highest BCUT2D eigenvalue weighted by molar-refractivity contribution is 9.10. The van der Waals surface area contributed by atoms with Crippen molar-refractivity contribution in [3.63, 3.8) is 0 Å². The van der Waals surface area contributed by atoms with E-state index >= 15 is 0 Å². The van der Waals surface area contributed by atoms with Crippen LogP contribution in [0.5, 0.6) is 0 Å². The van der Waals surface area contributed by atoms with Gasteiger partial charge < -0.3 is 0 Å². The molecule has 2 N–H and O–H groups in total. The summed E-state index contributed by atoms with van der Waals surface area (Å²) in [6.45, 7) is 2.16. The van der Waals surface area contributed by atoms with Crippen LogP contribution >= 0.6 is 15.9 Å². The van der Waals surface area contributed by atoms with Crippen molar-refractivity contribution in [2.45, 2.75) is 56.3 Å². The van der Waals surface area contributed by atoms with Gasteiger partial charge in [0.1, 0.15) is 0 Å². The molecule has 1 heterocycles. The molecule has 7 nitrogen and oxygen atoms in total. The summed E-state index contributed by atoms with van der Waals surface area (Å²) in [6, 6.07) is 6.91. The Hall–Kier alpha value is -2.22. The van der Waals surface area contributed by atoms with Gasteiger partial charge in [0.15, 0.2) is 5.69 Å². The van der Waals surface area contributed by atoms with Gasteiger partial charge in [0.2, 0.25) is 5.91 Å². The number of amides is 2. The van der Waals surface area contributed by atoms with Gasteiger partial charge in [-0.15, -0.1) is 0 Å². The molecule has 4 bridgehead atoms. The van der Waals surface area contributed by atoms with E-state index in [1.54, 1.807) is 31.2 Å². The smallest absolute Gasteiger partial charge is 0.273 e. The van der Waals surface area contributed by atoms with E-state index in [1.807, 2.05) is 0 Å². The Morgan fingerprint density at radius 3 is 2.43 bits per heavy atom. The van der Waals surface area contributed by atoms with Gasteiger partial charge in [-0.1, -0.05) is 34.1 Å². The fourth-order valence-electron chi connectivity index (χ4n) is 6.34. The Morgan fingerprint density at radius 1 is 1.13 bits per heavy atom. The fourth-order valence-corrected chi connectivity index (χ4v) is 7.79. The first-order chi connectivity index (χ1) is 14.3. The average Bonchev–Trinajstić information content (AvgIpc) is 2.70. The summed E-state index contributed by atoms with van der Waals surface area (Å²) in [7, 11) is 0. The SMILES string of the molecule is CCn1nc(C(=O)NNC(=O)C23CC4CC(CC(Br)(C4)C2)C3)c2ccccc2c1=O. The second-order valence-electron chi connectivity index (χ2n) is 9.32. The summed E-state index contributed by atoms with van der Waals surface area (Å²) in [5, 5.41) is 5.15. The Labute approximate surface area is 182 Å². The molecule has 0 radical (unpaired) electrons. The van der Waals surface area contributed by atoms with Crippen molar-refractivity contribution in [1.82, 2.24) is 20.6 Å². The van der Waals surface area contributed by atoms with Crippen molar-refractivity contribution in [3.05, 3.63) is 40.3 Å². The Bertz CT molecular complexity index is 1100. The highest BCUT2D eigenvalue weighted by Gasteiger charge is 2.59. The molecule has 0 saturated heterocycles. The number of aromatic nitrogens is 2. The molecule has 2 amide bonds. The van der Waals surface area contributed by atoms with Crippen LogP contribution in [0, 0.1) is 17.3 Å². The van der Waals surface area contributed by atoms with Gasteiger partial charge in [0.25, 0.3) is 11.5 Å². The minimum Gasteiger partial charge on any atom is -0.273 e. The summed E-state index contributed by atoms with van der Waals surface area (Å²) in [4.78, 5) is 38.6. The molecule has 30 heavy (non-hydrogen) atoms. The number of nitrogens with one attached hydrogen (secondary N) is 2. The molecule has 2 atom stereocenters. The number of nitrogens with zero attached hydrogens (tertiary/aromatic N) is 2. The van der Waals surface area contributed by atoms with Crippen molar-refractivity contribution in [3.8, 4) is 0 Å². The summed E-state index contributed by atoms with van der Waals surface area (Å²) < 4.78 is 1.33. The monoisotopic (exact) mass is 472 g/mol. The second-order valence-corrected chi connectivity index (χ2v) is 11.0. The molecular weight excluding hydrogens is 448 g/mol. The molecule has 2 aromatic rings. The van der Waals surface area contributed by atoms with Crippen molar-refractivity contribution in [2.24, 2.45) is 17.3 Å². The first-order valence-electron chi connectivity index (χ1n) is 10.6. The van der Waals surface area contributed by atoms with Crippen molar-refractivity contribution in [1.29, 1.82) is 0 Å². The molecule has 2 unspecified atom stereocenters. The third-order valence-corrected chi connectivity index (χ3v) is 8.07. The van der Waals surface area contributed by atoms with Crippen molar-refractivity contribution in [2.75, 3.05) is 0 Å². The maximum Gasteiger partial charge on any atom is 0.290 e. The summed E-state index contributed by atoms with van der Waals surface area (Å²) in [5.41, 5.74) is 4.74. The van der Waals surface area contributed by atoms with E-state index in [0.29, 0.717) is 29.2 Å². The lowest BCUT2D eigenvalue weighted by molar-refractivity contribution is -0.144. The van der Waals surface area contributed by atoms with E-state index in [0.717, 1.165) is 32.1 Å². The van der Waals surface area contributed by atoms with Gasteiger partial charge >= 0.3 is 0 Å². The molecule has 4 aliphatic carbocycles. The maximum absolute atomic E-state index is 13.2. The van der Waals surface area contributed by atoms with Crippen LogP contribution in [-0.2, 0) is 11.3 Å². The number of benzene rings is 1. The maximum atomic E-state index is 13.2. The summed E-state index contributed by atoms with van der Waals surface area (Å²) in [5.74, 6) is 0.526. The number of hydrazine groups is 1. The van der Waals surface area contributed by atoms with Crippen LogP contribution in [0.15, 0.2) is 29.1 Å². The number of carbonyl (C=O) groups is 2. The Balaban J connectivity index is 1.38. The van der Waals surface area contributed by atoms with Crippen LogP contribution in [0.25, 0.3) is 10.8 Å². The third-order valence-electron chi connectivity index (χ3n) is 7.14. The lowest BCUT2D eigenvalue weighted by Crippen LogP contribution is -2.60. The number of hydrogen-bond donors (Lipinski definition) is 2. The van der Waals surface area contributed by atoms with E-state index in [4.69, 9.17) is 0 Å². The van der Waals surface area contributed by atoms with Crippen LogP contribution in [0.3, 0.4) is 0 Å². The van der Waals surface area contributed by atoms with E-state index in [2.05, 4.69) is 31.9 Å². The van der Waals surface area contributed by atoms with Gasteiger partial charge in [0.05, 0.1) is 10.8 Å². The molecule has 158 valence electrons. The first-order valence-corrected chi connectivity index (χ1v) is 11.4. The average molecular weight is 473 g/mol. The number of hydrogen-bond acceptors (Lipinski definition) is 4. The van der Waals surface area contributed by atoms with Crippen molar-refractivity contribution < 1.29 is 9.59 Å². The normalized spacial score (nSPS) is 31.7. The highest BCUT2D eigenvalue weighted by Crippen LogP contribution is 2.64. The lowest BCUT2D eigenvalue weighted by atomic mass is 9.49. The summed E-state index contributed by atoms with van der Waals surface area (Å²) in [6.07, 6.45) is 6.08. The Kier molecular flexibility index (Phi) is 4.54.